The predicted molar refractivity (Wildman–Crippen MR) is 114 cm³/mol. The molecule has 0 aliphatic heterocycles. The minimum atomic E-state index is -3.94. The number of aryl methyl sites for hydroxylation is 1. The van der Waals surface area contributed by atoms with Gasteiger partial charge < -0.3 is 21.3 Å². The Labute approximate surface area is 178 Å². The molecule has 0 saturated carbocycles. The second-order valence-electron chi connectivity index (χ2n) is 6.75. The molecule has 1 atom stereocenters. The second-order valence-corrected chi connectivity index (χ2v) is 8.31. The van der Waals surface area contributed by atoms with E-state index in [4.69, 9.17) is 10.9 Å². The summed E-state index contributed by atoms with van der Waals surface area (Å²) in [5, 5.41) is 28.7. The summed E-state index contributed by atoms with van der Waals surface area (Å²) >= 11 is 0. The molecule has 0 bridgehead atoms. The van der Waals surface area contributed by atoms with Crippen molar-refractivity contribution < 1.29 is 28.2 Å². The van der Waals surface area contributed by atoms with Gasteiger partial charge in [-0.1, -0.05) is 12.1 Å². The van der Waals surface area contributed by atoms with Crippen molar-refractivity contribution >= 4 is 33.5 Å². The molecule has 2 aromatic carbocycles. The van der Waals surface area contributed by atoms with Gasteiger partial charge in [-0.2, -0.15) is 0 Å². The number of hydrogen-bond acceptors (Lipinski definition) is 7. The van der Waals surface area contributed by atoms with E-state index in [2.05, 4.69) is 15.6 Å². The van der Waals surface area contributed by atoms with Gasteiger partial charge in [-0.05, 0) is 49.2 Å². The van der Waals surface area contributed by atoms with E-state index in [1.165, 1.54) is 43.3 Å². The molecule has 0 spiro atoms. The number of amides is 2. The number of hydrogen-bond donors (Lipinski definition) is 6. The highest BCUT2D eigenvalue weighted by Gasteiger charge is 2.16. The minimum Gasteiger partial charge on any atom is -0.504 e. The Morgan fingerprint density at radius 2 is 1.81 bits per heavy atom. The Morgan fingerprint density at radius 3 is 2.42 bits per heavy atom. The summed E-state index contributed by atoms with van der Waals surface area (Å²) in [5.74, 6) is -2.11. The maximum atomic E-state index is 12.4. The van der Waals surface area contributed by atoms with Crippen LogP contribution in [0.25, 0.3) is 0 Å². The van der Waals surface area contributed by atoms with E-state index >= 15 is 0 Å². The topological polar surface area (TPSA) is 197 Å². The van der Waals surface area contributed by atoms with Crippen LogP contribution in [0.1, 0.15) is 18.1 Å². The van der Waals surface area contributed by atoms with Crippen molar-refractivity contribution in [2.45, 2.75) is 31.2 Å². The summed E-state index contributed by atoms with van der Waals surface area (Å²) < 4.78 is 23.0. The van der Waals surface area contributed by atoms with Crippen LogP contribution in [0, 0.1) is 6.92 Å². The van der Waals surface area contributed by atoms with E-state index in [1.807, 2.05) is 0 Å². The lowest BCUT2D eigenvalue weighted by Crippen LogP contribution is -2.39. The van der Waals surface area contributed by atoms with Gasteiger partial charge in [-0.25, -0.2) is 18.5 Å². The summed E-state index contributed by atoms with van der Waals surface area (Å²) in [6.45, 7) is 3.11. The molecule has 0 fully saturated rings. The summed E-state index contributed by atoms with van der Waals surface area (Å²) in [7, 11) is -3.94. The van der Waals surface area contributed by atoms with Gasteiger partial charge in [0, 0.05) is 5.69 Å². The van der Waals surface area contributed by atoms with Crippen LogP contribution < -0.4 is 21.5 Å². The van der Waals surface area contributed by atoms with Crippen molar-refractivity contribution in [2.24, 2.45) is 15.9 Å². The number of carbonyl (C=O) groups is 2. The first-order chi connectivity index (χ1) is 14.4. The van der Waals surface area contributed by atoms with Crippen LogP contribution in [0.4, 0.5) is 5.69 Å². The molecule has 2 aromatic rings. The van der Waals surface area contributed by atoms with Crippen LogP contribution in [0.5, 0.6) is 11.5 Å². The monoisotopic (exact) mass is 449 g/mol. The molecule has 166 valence electrons. The van der Waals surface area contributed by atoms with Gasteiger partial charge in [0.05, 0.1) is 11.3 Å². The first kappa shape index (κ1) is 23.6. The maximum absolute atomic E-state index is 12.4. The molecule has 0 aliphatic rings. The lowest BCUT2D eigenvalue weighted by molar-refractivity contribution is -0.119. The number of nitrogens with two attached hydrogens (primary N) is 2. The largest absolute Gasteiger partial charge is 0.504 e. The zero-order chi connectivity index (χ0) is 23.3. The van der Waals surface area contributed by atoms with Gasteiger partial charge >= 0.3 is 0 Å². The fourth-order valence-corrected chi connectivity index (χ4v) is 3.04. The van der Waals surface area contributed by atoms with Crippen molar-refractivity contribution in [3.05, 3.63) is 47.5 Å². The Hall–Kier alpha value is -3.64. The fourth-order valence-electron chi connectivity index (χ4n) is 2.50. The number of aromatic hydroxyl groups is 2. The van der Waals surface area contributed by atoms with Gasteiger partial charge in [0.25, 0.3) is 0 Å². The number of phenols is 2. The Bertz CT molecular complexity index is 1150. The number of benzene rings is 2. The Balaban J connectivity index is 2.02. The zero-order valence-corrected chi connectivity index (χ0v) is 17.6. The molecule has 31 heavy (non-hydrogen) atoms. The molecule has 0 heterocycles. The van der Waals surface area contributed by atoms with E-state index in [-0.39, 0.29) is 34.5 Å². The van der Waals surface area contributed by atoms with Crippen LogP contribution in [-0.4, -0.2) is 42.4 Å². The highest BCUT2D eigenvalue weighted by atomic mass is 32.2. The quantitative estimate of drug-likeness (QED) is 0.203. The smallest absolute Gasteiger partial charge is 0.249 e. The highest BCUT2D eigenvalue weighted by molar-refractivity contribution is 7.89. The van der Waals surface area contributed by atoms with E-state index in [0.29, 0.717) is 11.1 Å². The Morgan fingerprint density at radius 1 is 1.13 bits per heavy atom. The molecular formula is C19H23N5O6S. The SMILES string of the molecule is Cc1ccc(S(N)(=O)=O)cc1NC(=O)[C@@H](C)N=C(N)NC(=O)Cc1ccc(O)c(O)c1. The summed E-state index contributed by atoms with van der Waals surface area (Å²) in [6.07, 6.45) is -0.149. The van der Waals surface area contributed by atoms with E-state index in [0.717, 1.165) is 0 Å². The third kappa shape index (κ3) is 6.69. The number of nitrogens with one attached hydrogen (secondary N) is 2. The molecule has 0 aromatic heterocycles. The average molecular weight is 449 g/mol. The lowest BCUT2D eigenvalue weighted by Gasteiger charge is -2.13. The summed E-state index contributed by atoms with van der Waals surface area (Å²) in [6, 6.07) is 6.98. The summed E-state index contributed by atoms with van der Waals surface area (Å²) in [5.41, 5.74) is 6.96. The number of rotatable bonds is 6. The van der Waals surface area contributed by atoms with Crippen molar-refractivity contribution in [3.8, 4) is 11.5 Å². The van der Waals surface area contributed by atoms with Crippen molar-refractivity contribution in [3.63, 3.8) is 0 Å². The lowest BCUT2D eigenvalue weighted by atomic mass is 10.1. The predicted octanol–water partition coefficient (Wildman–Crippen LogP) is 0.0542. The number of phenolic OH excluding ortho intramolecular Hbond substituents is 2. The number of sulfonamides is 1. The number of aliphatic imine (C=N–C) groups is 1. The standard InChI is InChI=1S/C19H23N5O6S/c1-10-3-5-13(31(21,29)30)9-14(10)23-18(28)11(2)22-19(20)24-17(27)8-12-4-6-15(25)16(26)7-12/h3-7,9,11,25-26H,8H2,1-2H3,(H,23,28)(H2,21,29,30)(H3,20,22,24,27)/t11-/m1/s1. The molecule has 0 aliphatic carbocycles. The molecule has 0 radical (unpaired) electrons. The van der Waals surface area contributed by atoms with E-state index < -0.39 is 27.9 Å². The zero-order valence-electron chi connectivity index (χ0n) is 16.8. The molecule has 0 unspecified atom stereocenters. The van der Waals surface area contributed by atoms with E-state index in [9.17, 15) is 28.2 Å². The fraction of sp³-hybridized carbons (Fsp3) is 0.211. The molecule has 8 N–H and O–H groups in total. The highest BCUT2D eigenvalue weighted by Crippen LogP contribution is 2.25. The number of carbonyl (C=O) groups excluding carboxylic acids is 2. The van der Waals surface area contributed by atoms with Gasteiger partial charge in [0.2, 0.25) is 21.8 Å². The van der Waals surface area contributed by atoms with Crippen molar-refractivity contribution in [1.82, 2.24) is 5.32 Å². The molecule has 2 rings (SSSR count). The number of primary sulfonamides is 1. The number of nitrogens with zero attached hydrogens (tertiary/aromatic N) is 1. The van der Waals surface area contributed by atoms with Gasteiger partial charge in [0.15, 0.2) is 17.5 Å². The van der Waals surface area contributed by atoms with Crippen LogP contribution >= 0.6 is 0 Å². The maximum Gasteiger partial charge on any atom is 0.249 e. The third-order valence-corrected chi connectivity index (χ3v) is 5.09. The number of guanidine groups is 1. The van der Waals surface area contributed by atoms with Crippen LogP contribution in [0.15, 0.2) is 46.3 Å². The van der Waals surface area contributed by atoms with Gasteiger partial charge in [0.1, 0.15) is 6.04 Å². The molecular weight excluding hydrogens is 426 g/mol. The first-order valence-corrected chi connectivity index (χ1v) is 10.5. The van der Waals surface area contributed by atoms with Crippen molar-refractivity contribution in [1.29, 1.82) is 0 Å². The molecule has 12 heteroatoms. The molecule has 11 nitrogen and oxygen atoms in total. The second kappa shape index (κ2) is 9.45. The van der Waals surface area contributed by atoms with Gasteiger partial charge in [-0.3, -0.25) is 14.9 Å². The van der Waals surface area contributed by atoms with Crippen LogP contribution in [0.2, 0.25) is 0 Å². The van der Waals surface area contributed by atoms with Gasteiger partial charge in [-0.15, -0.1) is 0 Å². The van der Waals surface area contributed by atoms with Crippen LogP contribution in [0.3, 0.4) is 0 Å². The summed E-state index contributed by atoms with van der Waals surface area (Å²) in [4.78, 5) is 28.2. The van der Waals surface area contributed by atoms with Crippen molar-refractivity contribution in [2.75, 3.05) is 5.32 Å². The minimum absolute atomic E-state index is 0.149. The van der Waals surface area contributed by atoms with E-state index in [1.54, 1.807) is 6.92 Å². The molecule has 2 amide bonds. The molecule has 0 saturated heterocycles. The first-order valence-electron chi connectivity index (χ1n) is 8.95. The third-order valence-electron chi connectivity index (χ3n) is 4.18. The normalized spacial score (nSPS) is 12.8. The number of anilines is 1. The Kier molecular flexibility index (Phi) is 7.20. The average Bonchev–Trinajstić information content (AvgIpc) is 2.65. The van der Waals surface area contributed by atoms with Crippen LogP contribution in [-0.2, 0) is 26.0 Å².